The standard InChI is InChI=1S/C11H12Cl2F3N/c1-2-17-10(6-11(14,15)16)8-5-7(12)3-4-9(8)13/h3-5,10,17H,2,6H2,1H3. The molecule has 0 aliphatic heterocycles. The maximum Gasteiger partial charge on any atom is 0.390 e. The van der Waals surface area contributed by atoms with Gasteiger partial charge in [0.2, 0.25) is 0 Å². The Hall–Kier alpha value is -0.450. The van der Waals surface area contributed by atoms with Crippen molar-refractivity contribution in [1.29, 1.82) is 0 Å². The summed E-state index contributed by atoms with van der Waals surface area (Å²) in [5.41, 5.74) is 0.373. The van der Waals surface area contributed by atoms with Crippen molar-refractivity contribution in [1.82, 2.24) is 5.32 Å². The second kappa shape index (κ2) is 5.94. The number of halogens is 5. The predicted octanol–water partition coefficient (Wildman–Crippen LogP) is 4.60. The first-order valence-corrected chi connectivity index (χ1v) is 5.84. The van der Waals surface area contributed by atoms with Crippen LogP contribution >= 0.6 is 23.2 Å². The molecule has 0 saturated heterocycles. The summed E-state index contributed by atoms with van der Waals surface area (Å²) in [6.07, 6.45) is -5.22. The molecule has 1 aromatic rings. The minimum Gasteiger partial charge on any atom is -0.310 e. The lowest BCUT2D eigenvalue weighted by Gasteiger charge is -2.21. The fraction of sp³-hybridized carbons (Fsp3) is 0.455. The van der Waals surface area contributed by atoms with Crippen molar-refractivity contribution in [2.45, 2.75) is 25.6 Å². The third-order valence-electron chi connectivity index (χ3n) is 2.22. The molecule has 1 atom stereocenters. The van der Waals surface area contributed by atoms with Gasteiger partial charge in [0.25, 0.3) is 0 Å². The van der Waals surface area contributed by atoms with Gasteiger partial charge in [0.05, 0.1) is 6.42 Å². The van der Waals surface area contributed by atoms with Crippen LogP contribution in [0.4, 0.5) is 13.2 Å². The zero-order valence-electron chi connectivity index (χ0n) is 9.11. The molecule has 0 aliphatic rings. The Morgan fingerprint density at radius 1 is 1.29 bits per heavy atom. The molecule has 0 bridgehead atoms. The van der Waals surface area contributed by atoms with Crippen molar-refractivity contribution < 1.29 is 13.2 Å². The highest BCUT2D eigenvalue weighted by molar-refractivity contribution is 6.33. The fourth-order valence-electron chi connectivity index (χ4n) is 1.55. The summed E-state index contributed by atoms with van der Waals surface area (Å²) in [5, 5.41) is 3.41. The SMILES string of the molecule is CCNC(CC(F)(F)F)c1cc(Cl)ccc1Cl. The molecule has 1 unspecified atom stereocenters. The van der Waals surface area contributed by atoms with Crippen molar-refractivity contribution in [3.63, 3.8) is 0 Å². The van der Waals surface area contributed by atoms with Gasteiger partial charge >= 0.3 is 6.18 Å². The van der Waals surface area contributed by atoms with Gasteiger partial charge < -0.3 is 5.32 Å². The summed E-state index contributed by atoms with van der Waals surface area (Å²) in [6, 6.07) is 3.64. The Morgan fingerprint density at radius 3 is 2.47 bits per heavy atom. The third-order valence-corrected chi connectivity index (χ3v) is 2.80. The van der Waals surface area contributed by atoms with E-state index >= 15 is 0 Å². The Bertz CT molecular complexity index is 379. The Morgan fingerprint density at radius 2 is 1.94 bits per heavy atom. The van der Waals surface area contributed by atoms with Crippen molar-refractivity contribution in [2.24, 2.45) is 0 Å². The summed E-state index contributed by atoms with van der Waals surface area (Å²) in [4.78, 5) is 0. The minimum absolute atomic E-state index is 0.282. The zero-order chi connectivity index (χ0) is 13.1. The van der Waals surface area contributed by atoms with Gasteiger partial charge in [0.15, 0.2) is 0 Å². The van der Waals surface area contributed by atoms with E-state index in [-0.39, 0.29) is 5.02 Å². The van der Waals surface area contributed by atoms with Gasteiger partial charge in [-0.3, -0.25) is 0 Å². The van der Waals surface area contributed by atoms with E-state index in [9.17, 15) is 13.2 Å². The first-order chi connectivity index (χ1) is 7.83. The molecule has 0 radical (unpaired) electrons. The van der Waals surface area contributed by atoms with Crippen molar-refractivity contribution in [3.05, 3.63) is 33.8 Å². The second-order valence-corrected chi connectivity index (χ2v) is 4.44. The smallest absolute Gasteiger partial charge is 0.310 e. The quantitative estimate of drug-likeness (QED) is 0.853. The van der Waals surface area contributed by atoms with Gasteiger partial charge in [-0.2, -0.15) is 13.2 Å². The van der Waals surface area contributed by atoms with Crippen molar-refractivity contribution in [2.75, 3.05) is 6.54 Å². The van der Waals surface area contributed by atoms with Gasteiger partial charge in [0.1, 0.15) is 0 Å². The average Bonchev–Trinajstić information content (AvgIpc) is 2.19. The number of alkyl halides is 3. The van der Waals surface area contributed by atoms with Gasteiger partial charge in [-0.1, -0.05) is 30.1 Å². The molecule has 0 spiro atoms. The molecule has 1 rings (SSSR count). The van der Waals surface area contributed by atoms with Gasteiger partial charge in [-0.15, -0.1) is 0 Å². The van der Waals surface area contributed by atoms with E-state index in [1.165, 1.54) is 12.1 Å². The molecule has 0 fully saturated rings. The molecule has 0 amide bonds. The van der Waals surface area contributed by atoms with Gasteiger partial charge in [-0.05, 0) is 30.3 Å². The van der Waals surface area contributed by atoms with Crippen LogP contribution in [-0.4, -0.2) is 12.7 Å². The molecular weight excluding hydrogens is 274 g/mol. The normalized spacial score (nSPS) is 13.8. The van der Waals surface area contributed by atoms with Crippen LogP contribution in [0.5, 0.6) is 0 Å². The predicted molar refractivity (Wildman–Crippen MR) is 63.6 cm³/mol. The lowest BCUT2D eigenvalue weighted by atomic mass is 10.0. The first kappa shape index (κ1) is 14.6. The first-order valence-electron chi connectivity index (χ1n) is 5.08. The highest BCUT2D eigenvalue weighted by Crippen LogP contribution is 2.34. The van der Waals surface area contributed by atoms with E-state index in [2.05, 4.69) is 5.32 Å². The van der Waals surface area contributed by atoms with Gasteiger partial charge in [0, 0.05) is 16.1 Å². The summed E-state index contributed by atoms with van der Waals surface area (Å²) in [6.45, 7) is 2.16. The molecule has 0 saturated carbocycles. The van der Waals surface area contributed by atoms with E-state index in [0.29, 0.717) is 17.1 Å². The minimum atomic E-state index is -4.25. The maximum atomic E-state index is 12.4. The van der Waals surface area contributed by atoms with Crippen LogP contribution in [0.1, 0.15) is 24.9 Å². The number of rotatable bonds is 4. The largest absolute Gasteiger partial charge is 0.390 e. The Labute approximate surface area is 108 Å². The van der Waals surface area contributed by atoms with E-state index in [4.69, 9.17) is 23.2 Å². The maximum absolute atomic E-state index is 12.4. The monoisotopic (exact) mass is 285 g/mol. The van der Waals surface area contributed by atoms with E-state index < -0.39 is 18.6 Å². The topological polar surface area (TPSA) is 12.0 Å². The molecule has 17 heavy (non-hydrogen) atoms. The average molecular weight is 286 g/mol. The third kappa shape index (κ3) is 4.74. The van der Waals surface area contributed by atoms with Crippen molar-refractivity contribution >= 4 is 23.2 Å². The second-order valence-electron chi connectivity index (χ2n) is 3.60. The van der Waals surface area contributed by atoms with E-state index in [1.807, 2.05) is 0 Å². The van der Waals surface area contributed by atoms with Crippen LogP contribution in [0.2, 0.25) is 10.0 Å². The number of hydrogen-bond donors (Lipinski definition) is 1. The molecule has 0 aliphatic carbocycles. The molecule has 1 nitrogen and oxygen atoms in total. The van der Waals surface area contributed by atoms with Gasteiger partial charge in [-0.25, -0.2) is 0 Å². The fourth-order valence-corrected chi connectivity index (χ4v) is 1.98. The molecule has 0 heterocycles. The van der Waals surface area contributed by atoms with E-state index in [1.54, 1.807) is 13.0 Å². The van der Waals surface area contributed by atoms with Crippen LogP contribution in [0, 0.1) is 0 Å². The summed E-state index contributed by atoms with van der Waals surface area (Å²) >= 11 is 11.7. The zero-order valence-corrected chi connectivity index (χ0v) is 10.6. The summed E-state index contributed by atoms with van der Waals surface area (Å²) in [5.74, 6) is 0. The van der Waals surface area contributed by atoms with E-state index in [0.717, 1.165) is 0 Å². The highest BCUT2D eigenvalue weighted by Gasteiger charge is 2.33. The van der Waals surface area contributed by atoms with Crippen LogP contribution < -0.4 is 5.32 Å². The van der Waals surface area contributed by atoms with Crippen molar-refractivity contribution in [3.8, 4) is 0 Å². The summed E-state index contributed by atoms with van der Waals surface area (Å²) in [7, 11) is 0. The Kier molecular flexibility index (Phi) is 5.10. The molecule has 6 heteroatoms. The molecule has 0 aromatic heterocycles. The molecule has 1 N–H and O–H groups in total. The molecular formula is C11H12Cl2F3N. The summed E-state index contributed by atoms with van der Waals surface area (Å²) < 4.78 is 37.3. The lowest BCUT2D eigenvalue weighted by molar-refractivity contribution is -0.140. The molecule has 1 aromatic carbocycles. The van der Waals surface area contributed by atoms with Crippen LogP contribution in [0.15, 0.2) is 18.2 Å². The highest BCUT2D eigenvalue weighted by atomic mass is 35.5. The van der Waals surface area contributed by atoms with Crippen LogP contribution in [0.3, 0.4) is 0 Å². The number of benzene rings is 1. The lowest BCUT2D eigenvalue weighted by Crippen LogP contribution is -2.26. The Balaban J connectivity index is 3.00. The molecule has 96 valence electrons. The number of nitrogens with one attached hydrogen (secondary N) is 1. The van der Waals surface area contributed by atoms with Crippen LogP contribution in [0.25, 0.3) is 0 Å². The number of hydrogen-bond acceptors (Lipinski definition) is 1. The van der Waals surface area contributed by atoms with Crippen LogP contribution in [-0.2, 0) is 0 Å².